The third-order valence-corrected chi connectivity index (χ3v) is 5.12. The predicted octanol–water partition coefficient (Wildman–Crippen LogP) is 3.78. The van der Waals surface area contributed by atoms with Gasteiger partial charge in [-0.25, -0.2) is 0 Å². The maximum absolute atomic E-state index is 10.6. The largest absolute Gasteiger partial charge is 0.392 e. The molecule has 0 aliphatic heterocycles. The summed E-state index contributed by atoms with van der Waals surface area (Å²) in [5.41, 5.74) is 1.65. The molecule has 1 unspecified atom stereocenters. The van der Waals surface area contributed by atoms with Crippen molar-refractivity contribution in [1.29, 1.82) is 0 Å². The van der Waals surface area contributed by atoms with Crippen LogP contribution in [0.3, 0.4) is 0 Å². The first-order valence-corrected chi connectivity index (χ1v) is 6.81. The van der Waals surface area contributed by atoms with Gasteiger partial charge in [0.05, 0.1) is 6.10 Å². The molecule has 0 amide bonds. The molecule has 0 aromatic rings. The molecule has 2 fully saturated rings. The summed E-state index contributed by atoms with van der Waals surface area (Å²) in [6.07, 6.45) is 5.99. The van der Waals surface area contributed by atoms with E-state index < -0.39 is 0 Å². The minimum Gasteiger partial charge on any atom is -0.392 e. The van der Waals surface area contributed by atoms with Crippen LogP contribution >= 0.6 is 0 Å². The van der Waals surface area contributed by atoms with E-state index in [1.165, 1.54) is 31.3 Å². The maximum atomic E-state index is 10.6. The van der Waals surface area contributed by atoms with Crippen LogP contribution in [0.1, 0.15) is 52.9 Å². The molecule has 1 heteroatoms. The van der Waals surface area contributed by atoms with Gasteiger partial charge < -0.3 is 5.11 Å². The van der Waals surface area contributed by atoms with E-state index in [-0.39, 0.29) is 6.10 Å². The molecule has 0 aromatic carbocycles. The van der Waals surface area contributed by atoms with Crippen LogP contribution in [-0.2, 0) is 0 Å². The molecule has 0 saturated heterocycles. The normalized spacial score (nSPS) is 44.6. The highest BCUT2D eigenvalue weighted by molar-refractivity contribution is 5.15. The predicted molar refractivity (Wildman–Crippen MR) is 68.2 cm³/mol. The summed E-state index contributed by atoms with van der Waals surface area (Å²) in [5.74, 6) is 1.43. The molecule has 4 atom stereocenters. The van der Waals surface area contributed by atoms with Gasteiger partial charge >= 0.3 is 0 Å². The van der Waals surface area contributed by atoms with Crippen molar-refractivity contribution < 1.29 is 5.11 Å². The van der Waals surface area contributed by atoms with Crippen LogP contribution in [0.5, 0.6) is 0 Å². The fourth-order valence-electron chi connectivity index (χ4n) is 4.10. The summed E-state index contributed by atoms with van der Waals surface area (Å²) in [6.45, 7) is 11.1. The molecule has 1 nitrogen and oxygen atoms in total. The lowest BCUT2D eigenvalue weighted by atomic mass is 9.54. The third-order valence-electron chi connectivity index (χ3n) is 5.12. The van der Waals surface area contributed by atoms with E-state index >= 15 is 0 Å². The molecule has 16 heavy (non-hydrogen) atoms. The number of aliphatic hydroxyl groups excluding tert-OH is 1. The van der Waals surface area contributed by atoms with Crippen molar-refractivity contribution in [1.82, 2.24) is 0 Å². The summed E-state index contributed by atoms with van der Waals surface area (Å²) in [6, 6.07) is 0. The van der Waals surface area contributed by atoms with E-state index in [9.17, 15) is 5.11 Å². The first-order chi connectivity index (χ1) is 7.46. The number of rotatable bonds is 1. The Balaban J connectivity index is 2.24. The quantitative estimate of drug-likeness (QED) is 0.669. The second kappa shape index (κ2) is 4.18. The third kappa shape index (κ3) is 1.84. The van der Waals surface area contributed by atoms with Crippen LogP contribution in [0.15, 0.2) is 12.2 Å². The zero-order valence-corrected chi connectivity index (χ0v) is 11.0. The molecular formula is C15H26O. The second-order valence-corrected chi connectivity index (χ2v) is 6.58. The summed E-state index contributed by atoms with van der Waals surface area (Å²) < 4.78 is 0. The molecule has 2 saturated carbocycles. The van der Waals surface area contributed by atoms with Crippen LogP contribution in [0.4, 0.5) is 0 Å². The zero-order valence-electron chi connectivity index (χ0n) is 11.0. The number of hydrogen-bond donors (Lipinski definition) is 1. The maximum Gasteiger partial charge on any atom is 0.0641 e. The van der Waals surface area contributed by atoms with Crippen LogP contribution in [-0.4, -0.2) is 11.2 Å². The van der Waals surface area contributed by atoms with E-state index in [0.717, 1.165) is 6.42 Å². The van der Waals surface area contributed by atoms with Crippen molar-refractivity contribution in [2.75, 3.05) is 0 Å². The van der Waals surface area contributed by atoms with E-state index in [1.807, 2.05) is 0 Å². The van der Waals surface area contributed by atoms with Crippen molar-refractivity contribution in [3.05, 3.63) is 12.2 Å². The van der Waals surface area contributed by atoms with Gasteiger partial charge in [0.15, 0.2) is 0 Å². The van der Waals surface area contributed by atoms with E-state index in [4.69, 9.17) is 0 Å². The zero-order chi connectivity index (χ0) is 11.9. The smallest absolute Gasteiger partial charge is 0.0641 e. The van der Waals surface area contributed by atoms with Crippen LogP contribution in [0, 0.1) is 23.2 Å². The Morgan fingerprint density at radius 2 is 2.06 bits per heavy atom. The minimum absolute atomic E-state index is 0.147. The number of fused-ring (bicyclic) bond motifs is 1. The van der Waals surface area contributed by atoms with Gasteiger partial charge in [-0.3, -0.25) is 0 Å². The SMILES string of the molecule is C=C1CCCC2(C)CC[C@@H](C(C)C)[C@H](O)[C@@H]12. The molecule has 92 valence electrons. The summed E-state index contributed by atoms with van der Waals surface area (Å²) in [7, 11) is 0. The molecule has 2 aliphatic carbocycles. The Kier molecular flexibility index (Phi) is 3.18. The Labute approximate surface area is 99.9 Å². The van der Waals surface area contributed by atoms with Gasteiger partial charge in [0.1, 0.15) is 0 Å². The first-order valence-electron chi connectivity index (χ1n) is 6.81. The van der Waals surface area contributed by atoms with Crippen molar-refractivity contribution in [3.63, 3.8) is 0 Å². The average molecular weight is 222 g/mol. The van der Waals surface area contributed by atoms with Gasteiger partial charge in [-0.15, -0.1) is 0 Å². The molecule has 2 aliphatic rings. The number of hydrogen-bond acceptors (Lipinski definition) is 1. The van der Waals surface area contributed by atoms with Crippen LogP contribution in [0.2, 0.25) is 0 Å². The van der Waals surface area contributed by atoms with Crippen molar-refractivity contribution in [2.45, 2.75) is 59.0 Å². The highest BCUT2D eigenvalue weighted by Crippen LogP contribution is 2.54. The Morgan fingerprint density at radius 1 is 1.38 bits per heavy atom. The Morgan fingerprint density at radius 3 is 2.69 bits per heavy atom. The molecule has 1 N–H and O–H groups in total. The topological polar surface area (TPSA) is 20.2 Å². The molecule has 0 heterocycles. The molecular weight excluding hydrogens is 196 g/mol. The fraction of sp³-hybridized carbons (Fsp3) is 0.867. The molecule has 0 bridgehead atoms. The van der Waals surface area contributed by atoms with Crippen molar-refractivity contribution in [2.24, 2.45) is 23.2 Å². The van der Waals surface area contributed by atoms with Gasteiger partial charge in [0, 0.05) is 5.92 Å². The summed E-state index contributed by atoms with van der Waals surface area (Å²) in [5, 5.41) is 10.6. The van der Waals surface area contributed by atoms with Crippen LogP contribution < -0.4 is 0 Å². The Hall–Kier alpha value is -0.300. The van der Waals surface area contributed by atoms with Crippen LogP contribution in [0.25, 0.3) is 0 Å². The van der Waals surface area contributed by atoms with E-state index in [1.54, 1.807) is 0 Å². The van der Waals surface area contributed by atoms with Crippen molar-refractivity contribution in [3.8, 4) is 0 Å². The first kappa shape index (κ1) is 12.2. The van der Waals surface area contributed by atoms with Gasteiger partial charge in [0.25, 0.3) is 0 Å². The van der Waals surface area contributed by atoms with Gasteiger partial charge in [0.2, 0.25) is 0 Å². The molecule has 0 aromatic heterocycles. The molecule has 0 radical (unpaired) electrons. The second-order valence-electron chi connectivity index (χ2n) is 6.58. The van der Waals surface area contributed by atoms with Gasteiger partial charge in [-0.1, -0.05) is 32.9 Å². The molecule has 2 rings (SSSR count). The summed E-state index contributed by atoms with van der Waals surface area (Å²) >= 11 is 0. The van der Waals surface area contributed by atoms with E-state index in [2.05, 4.69) is 27.4 Å². The van der Waals surface area contributed by atoms with Gasteiger partial charge in [-0.2, -0.15) is 0 Å². The summed E-state index contributed by atoms with van der Waals surface area (Å²) in [4.78, 5) is 0. The fourth-order valence-corrected chi connectivity index (χ4v) is 4.10. The lowest BCUT2D eigenvalue weighted by Crippen LogP contribution is -2.48. The lowest BCUT2D eigenvalue weighted by Gasteiger charge is -2.52. The highest BCUT2D eigenvalue weighted by Gasteiger charge is 2.48. The highest BCUT2D eigenvalue weighted by atomic mass is 16.3. The van der Waals surface area contributed by atoms with E-state index in [0.29, 0.717) is 23.2 Å². The Bertz CT molecular complexity index is 281. The van der Waals surface area contributed by atoms with Crippen molar-refractivity contribution >= 4 is 0 Å². The van der Waals surface area contributed by atoms with Gasteiger partial charge in [-0.05, 0) is 49.4 Å². The average Bonchev–Trinajstić information content (AvgIpc) is 2.16. The standard InChI is InChI=1S/C15H26O/c1-10(2)12-7-9-15(4)8-5-6-11(3)13(15)14(12)16/h10,12-14,16H,3,5-9H2,1-2,4H3/t12-,13+,14-,15?/m0/s1. The monoisotopic (exact) mass is 222 g/mol. The molecule has 0 spiro atoms. The lowest BCUT2D eigenvalue weighted by molar-refractivity contribution is -0.0669. The number of aliphatic hydroxyl groups is 1. The minimum atomic E-state index is -0.147.